The third kappa shape index (κ3) is 6.36. The van der Waals surface area contributed by atoms with Crippen LogP contribution in [0, 0.1) is 35.0 Å². The molecular formula is C48H52N2O6. The number of aliphatic hydroxyl groups is 1. The molecule has 56 heavy (non-hydrogen) atoms. The van der Waals surface area contributed by atoms with Gasteiger partial charge in [-0.3, -0.25) is 0 Å². The van der Waals surface area contributed by atoms with E-state index in [2.05, 4.69) is 47.1 Å². The van der Waals surface area contributed by atoms with Crippen LogP contribution >= 0.6 is 0 Å². The minimum absolute atomic E-state index is 0.00318. The zero-order valence-corrected chi connectivity index (χ0v) is 32.1. The van der Waals surface area contributed by atoms with Crippen LogP contribution in [0.5, 0.6) is 5.75 Å². The summed E-state index contributed by atoms with van der Waals surface area (Å²) < 4.78 is 12.7. The summed E-state index contributed by atoms with van der Waals surface area (Å²) in [6.45, 7) is 0.995. The monoisotopic (exact) mass is 752 g/mol. The van der Waals surface area contributed by atoms with Crippen LogP contribution in [0.15, 0.2) is 119 Å². The highest BCUT2D eigenvalue weighted by molar-refractivity contribution is 6.07. The molecule has 0 unspecified atom stereocenters. The zero-order valence-electron chi connectivity index (χ0n) is 32.1. The van der Waals surface area contributed by atoms with Crippen molar-refractivity contribution >= 4 is 17.5 Å². The van der Waals surface area contributed by atoms with E-state index >= 15 is 0 Å². The van der Waals surface area contributed by atoms with Crippen LogP contribution in [0.3, 0.4) is 0 Å². The summed E-state index contributed by atoms with van der Waals surface area (Å²) in [5, 5.41) is 28.1. The lowest BCUT2D eigenvalue weighted by Crippen LogP contribution is -2.52. The Balaban J connectivity index is 1.18. The normalized spacial score (nSPS) is 30.0. The van der Waals surface area contributed by atoms with Gasteiger partial charge in [0.15, 0.2) is 0 Å². The van der Waals surface area contributed by atoms with Gasteiger partial charge in [0, 0.05) is 23.7 Å². The van der Waals surface area contributed by atoms with Gasteiger partial charge in [0.2, 0.25) is 0 Å². The molecule has 3 aliphatic heterocycles. The highest BCUT2D eigenvalue weighted by atomic mass is 16.5. The van der Waals surface area contributed by atoms with E-state index in [0.29, 0.717) is 48.4 Å². The van der Waals surface area contributed by atoms with Crippen molar-refractivity contribution in [2.45, 2.75) is 70.4 Å². The number of rotatable bonds is 11. The molecule has 0 amide bonds. The van der Waals surface area contributed by atoms with Crippen molar-refractivity contribution in [1.82, 2.24) is 10.6 Å². The molecule has 2 bridgehead atoms. The number of esters is 2. The van der Waals surface area contributed by atoms with Gasteiger partial charge in [-0.2, -0.15) is 0 Å². The Hall–Kier alpha value is -4.76. The van der Waals surface area contributed by atoms with Crippen molar-refractivity contribution < 1.29 is 29.3 Å². The Labute approximate surface area is 329 Å². The maximum atomic E-state index is 14.7. The summed E-state index contributed by atoms with van der Waals surface area (Å²) >= 11 is 0. The second-order valence-corrected chi connectivity index (χ2v) is 16.7. The average Bonchev–Trinajstić information content (AvgIpc) is 3.70. The summed E-state index contributed by atoms with van der Waals surface area (Å²) in [6, 6.07) is 25.8. The van der Waals surface area contributed by atoms with Crippen LogP contribution in [0.1, 0.15) is 68.9 Å². The first kappa shape index (κ1) is 36.9. The molecule has 3 heterocycles. The molecule has 7 aliphatic rings. The smallest absolute Gasteiger partial charge is 0.340 e. The van der Waals surface area contributed by atoms with Gasteiger partial charge in [-0.1, -0.05) is 66.7 Å². The summed E-state index contributed by atoms with van der Waals surface area (Å²) in [5.41, 5.74) is 6.33. The molecule has 8 nitrogen and oxygen atoms in total. The molecule has 290 valence electrons. The number of hydrogen-bond donors (Lipinski definition) is 4. The largest absolute Gasteiger partial charge is 0.508 e. The number of cyclic esters (lactones) is 2. The van der Waals surface area contributed by atoms with E-state index in [4.69, 9.17) is 9.47 Å². The predicted molar refractivity (Wildman–Crippen MR) is 215 cm³/mol. The van der Waals surface area contributed by atoms with Gasteiger partial charge in [-0.05, 0) is 154 Å². The number of aliphatic hydroxyl groups excluding tert-OH is 1. The van der Waals surface area contributed by atoms with Crippen molar-refractivity contribution in [3.63, 3.8) is 0 Å². The number of carbonyl (C=O) groups is 2. The summed E-state index contributed by atoms with van der Waals surface area (Å²) in [6.07, 6.45) is 12.9. The van der Waals surface area contributed by atoms with Gasteiger partial charge in [-0.15, -0.1) is 0 Å². The molecule has 0 aromatic heterocycles. The SMILES string of the molecule is CN[C@@H]1C[C@H](CC/C=C2\OC(=O)C3=C2CC[C@H]2[C@H]4CC[C@]5(C(=C4c4cc(O)ccc4-c4ccccc4)C(=O)O/C5=C\[C@H](CCO)Cc4ccccc4)[C@@H]32)CCN1. The number of allylic oxidation sites excluding steroid dienone is 5. The van der Waals surface area contributed by atoms with E-state index in [-0.39, 0.29) is 48.0 Å². The molecule has 1 saturated carbocycles. The van der Waals surface area contributed by atoms with Crippen LogP contribution in [-0.2, 0) is 25.5 Å². The summed E-state index contributed by atoms with van der Waals surface area (Å²) in [5.74, 6) is 1.03. The fourth-order valence-corrected chi connectivity index (χ4v) is 11.3. The number of phenols is 1. The van der Waals surface area contributed by atoms with Crippen LogP contribution in [-0.4, -0.2) is 48.5 Å². The molecular weight excluding hydrogens is 701 g/mol. The van der Waals surface area contributed by atoms with Gasteiger partial charge in [0.05, 0.1) is 17.2 Å². The second kappa shape index (κ2) is 15.3. The first-order valence-electron chi connectivity index (χ1n) is 20.7. The first-order valence-corrected chi connectivity index (χ1v) is 20.7. The fraction of sp³-hybridized carbons (Fsp3) is 0.417. The lowest BCUT2D eigenvalue weighted by atomic mass is 9.44. The fourth-order valence-electron chi connectivity index (χ4n) is 11.3. The van der Waals surface area contributed by atoms with E-state index < -0.39 is 5.41 Å². The Morgan fingerprint density at radius 3 is 2.54 bits per heavy atom. The number of nitrogens with one attached hydrogen (secondary N) is 2. The van der Waals surface area contributed by atoms with Gasteiger partial charge in [0.25, 0.3) is 0 Å². The van der Waals surface area contributed by atoms with E-state index in [1.807, 2.05) is 55.6 Å². The molecule has 2 saturated heterocycles. The van der Waals surface area contributed by atoms with Crippen molar-refractivity contribution in [2.24, 2.45) is 35.0 Å². The van der Waals surface area contributed by atoms with Crippen LogP contribution < -0.4 is 10.6 Å². The number of piperidine rings is 1. The van der Waals surface area contributed by atoms with Crippen molar-refractivity contribution in [3.8, 4) is 16.9 Å². The number of hydrogen-bond acceptors (Lipinski definition) is 8. The molecule has 3 fully saturated rings. The molecule has 8 heteroatoms. The topological polar surface area (TPSA) is 117 Å². The number of carbonyl (C=O) groups excluding carboxylic acids is 2. The Kier molecular flexibility index (Phi) is 10.1. The molecule has 1 spiro atoms. The Bertz CT molecular complexity index is 2140. The number of aromatic hydroxyl groups is 1. The van der Waals surface area contributed by atoms with Gasteiger partial charge in [0.1, 0.15) is 17.3 Å². The maximum absolute atomic E-state index is 14.7. The molecule has 7 atom stereocenters. The second-order valence-electron chi connectivity index (χ2n) is 16.7. The van der Waals surface area contributed by atoms with Gasteiger partial charge >= 0.3 is 11.9 Å². The lowest BCUT2D eigenvalue weighted by molar-refractivity contribution is -0.135. The number of fused-ring (bicyclic) bond motifs is 1. The highest BCUT2D eigenvalue weighted by Gasteiger charge is 2.68. The first-order chi connectivity index (χ1) is 27.4. The van der Waals surface area contributed by atoms with Crippen molar-refractivity contribution in [3.05, 3.63) is 130 Å². The summed E-state index contributed by atoms with van der Waals surface area (Å²) in [4.78, 5) is 29.0. The van der Waals surface area contributed by atoms with Crippen LogP contribution in [0.25, 0.3) is 16.7 Å². The van der Waals surface area contributed by atoms with Gasteiger partial charge in [-0.25, -0.2) is 9.59 Å². The van der Waals surface area contributed by atoms with Crippen molar-refractivity contribution in [1.29, 1.82) is 0 Å². The van der Waals surface area contributed by atoms with E-state index in [1.165, 1.54) is 0 Å². The standard InChI is InChI=1S/C48H52N2O6/c1-49-41-27-30(20-23-50-41)11-8-14-39-37-18-17-36-35-19-22-48(44(36)43(37)46(53)55-39)40(26-31(21-24-51)25-29-9-4-2-5-10-29)56-47(54)45(48)42(35)38-28-33(52)15-16-34(38)32-12-6-3-7-13-32/h2-7,9-10,12-16,26,28,30-31,35-36,41,44,49-52H,8,11,17-25,27H2,1H3/b39-14-,40-26-/t30-,31-,35-,36+,41+,44-,48-/m1/s1. The van der Waals surface area contributed by atoms with E-state index in [9.17, 15) is 19.8 Å². The van der Waals surface area contributed by atoms with Crippen LogP contribution in [0.2, 0.25) is 0 Å². The van der Waals surface area contributed by atoms with Crippen LogP contribution in [0.4, 0.5) is 0 Å². The number of phenolic OH excluding ortho intramolecular Hbond substituents is 1. The zero-order chi connectivity index (χ0) is 38.4. The molecule has 0 radical (unpaired) electrons. The third-order valence-electron chi connectivity index (χ3n) is 13.7. The minimum Gasteiger partial charge on any atom is -0.508 e. The lowest BCUT2D eigenvalue weighted by Gasteiger charge is -2.56. The molecule has 3 aromatic rings. The number of benzene rings is 3. The third-order valence-corrected chi connectivity index (χ3v) is 13.7. The average molecular weight is 753 g/mol. The Morgan fingerprint density at radius 1 is 0.946 bits per heavy atom. The molecule has 4 aliphatic carbocycles. The highest BCUT2D eigenvalue weighted by Crippen LogP contribution is 2.72. The molecule has 10 rings (SSSR count). The predicted octanol–water partition coefficient (Wildman–Crippen LogP) is 7.99. The quantitative estimate of drug-likeness (QED) is 0.146. The summed E-state index contributed by atoms with van der Waals surface area (Å²) in [7, 11) is 2.00. The molecule has 3 aromatic carbocycles. The maximum Gasteiger partial charge on any atom is 0.340 e. The van der Waals surface area contributed by atoms with E-state index in [0.717, 1.165) is 90.5 Å². The van der Waals surface area contributed by atoms with Crippen molar-refractivity contribution in [2.75, 3.05) is 20.2 Å². The minimum atomic E-state index is -0.887. The molecule has 4 N–H and O–H groups in total. The Morgan fingerprint density at radius 2 is 1.75 bits per heavy atom. The number of ether oxygens (including phenoxy) is 2. The van der Waals surface area contributed by atoms with E-state index in [1.54, 1.807) is 6.07 Å². The van der Waals surface area contributed by atoms with Gasteiger partial charge < -0.3 is 30.3 Å².